The summed E-state index contributed by atoms with van der Waals surface area (Å²) in [7, 11) is 0. The first-order chi connectivity index (χ1) is 9.54. The van der Waals surface area contributed by atoms with Gasteiger partial charge in [-0.3, -0.25) is 4.79 Å². The standard InChI is InChI=1S/C14H16ClN3O2/c1-9(2)16-12(19)7-8-13-17-14(18-20-13)10-3-5-11(15)6-4-10/h3-6,9H,7-8H2,1-2H3,(H,16,19). The van der Waals surface area contributed by atoms with E-state index in [2.05, 4.69) is 15.5 Å². The maximum Gasteiger partial charge on any atom is 0.227 e. The topological polar surface area (TPSA) is 68.0 Å². The van der Waals surface area contributed by atoms with Gasteiger partial charge in [-0.05, 0) is 38.1 Å². The summed E-state index contributed by atoms with van der Waals surface area (Å²) >= 11 is 5.82. The molecule has 0 fully saturated rings. The molecule has 0 saturated heterocycles. The zero-order chi connectivity index (χ0) is 14.5. The van der Waals surface area contributed by atoms with Crippen molar-refractivity contribution in [3.05, 3.63) is 35.2 Å². The molecular weight excluding hydrogens is 278 g/mol. The highest BCUT2D eigenvalue weighted by molar-refractivity contribution is 6.30. The van der Waals surface area contributed by atoms with Gasteiger partial charge >= 0.3 is 0 Å². The molecule has 106 valence electrons. The summed E-state index contributed by atoms with van der Waals surface area (Å²) in [5.74, 6) is 0.932. The van der Waals surface area contributed by atoms with Gasteiger partial charge in [0.2, 0.25) is 17.6 Å². The molecule has 20 heavy (non-hydrogen) atoms. The Morgan fingerprint density at radius 1 is 1.35 bits per heavy atom. The number of hydrogen-bond acceptors (Lipinski definition) is 4. The smallest absolute Gasteiger partial charge is 0.227 e. The van der Waals surface area contributed by atoms with E-state index in [4.69, 9.17) is 16.1 Å². The average molecular weight is 294 g/mol. The van der Waals surface area contributed by atoms with Crippen molar-refractivity contribution in [1.82, 2.24) is 15.5 Å². The monoisotopic (exact) mass is 293 g/mol. The molecule has 0 radical (unpaired) electrons. The van der Waals surface area contributed by atoms with Crippen LogP contribution in [0.25, 0.3) is 11.4 Å². The van der Waals surface area contributed by atoms with E-state index in [0.29, 0.717) is 29.6 Å². The Balaban J connectivity index is 1.95. The molecule has 5 nitrogen and oxygen atoms in total. The van der Waals surface area contributed by atoms with Crippen molar-refractivity contribution in [2.45, 2.75) is 32.7 Å². The van der Waals surface area contributed by atoms with Crippen molar-refractivity contribution in [1.29, 1.82) is 0 Å². The highest BCUT2D eigenvalue weighted by Crippen LogP contribution is 2.18. The quantitative estimate of drug-likeness (QED) is 0.920. The minimum Gasteiger partial charge on any atom is -0.354 e. The summed E-state index contributed by atoms with van der Waals surface area (Å²) in [6.45, 7) is 3.84. The molecule has 0 bridgehead atoms. The lowest BCUT2D eigenvalue weighted by Crippen LogP contribution is -2.30. The lowest BCUT2D eigenvalue weighted by molar-refractivity contribution is -0.121. The van der Waals surface area contributed by atoms with Crippen LogP contribution in [-0.4, -0.2) is 22.1 Å². The molecule has 1 N–H and O–H groups in total. The van der Waals surface area contributed by atoms with Gasteiger partial charge in [0, 0.05) is 29.5 Å². The predicted molar refractivity (Wildman–Crippen MR) is 76.3 cm³/mol. The van der Waals surface area contributed by atoms with Gasteiger partial charge in [0.05, 0.1) is 0 Å². The fraction of sp³-hybridized carbons (Fsp3) is 0.357. The molecule has 1 aromatic carbocycles. The lowest BCUT2D eigenvalue weighted by atomic mass is 10.2. The van der Waals surface area contributed by atoms with Gasteiger partial charge < -0.3 is 9.84 Å². The number of rotatable bonds is 5. The van der Waals surface area contributed by atoms with Crippen LogP contribution in [0.5, 0.6) is 0 Å². The Kier molecular flexibility index (Phi) is 4.74. The van der Waals surface area contributed by atoms with Gasteiger partial charge in [-0.1, -0.05) is 16.8 Å². The van der Waals surface area contributed by atoms with Gasteiger partial charge in [0.25, 0.3) is 0 Å². The second-order valence-corrected chi connectivity index (χ2v) is 5.18. The van der Waals surface area contributed by atoms with Crippen LogP contribution in [0.1, 0.15) is 26.2 Å². The Bertz CT molecular complexity index is 578. The van der Waals surface area contributed by atoms with Crippen molar-refractivity contribution >= 4 is 17.5 Å². The van der Waals surface area contributed by atoms with E-state index in [1.54, 1.807) is 12.1 Å². The summed E-state index contributed by atoms with van der Waals surface area (Å²) in [6, 6.07) is 7.31. The summed E-state index contributed by atoms with van der Waals surface area (Å²) in [5, 5.41) is 7.36. The normalized spacial score (nSPS) is 10.8. The molecule has 2 aromatic rings. The zero-order valence-corrected chi connectivity index (χ0v) is 12.1. The number of aromatic nitrogens is 2. The van der Waals surface area contributed by atoms with Crippen molar-refractivity contribution < 1.29 is 9.32 Å². The summed E-state index contributed by atoms with van der Waals surface area (Å²) in [4.78, 5) is 15.8. The molecule has 2 rings (SSSR count). The zero-order valence-electron chi connectivity index (χ0n) is 11.4. The summed E-state index contributed by atoms with van der Waals surface area (Å²) < 4.78 is 5.13. The van der Waals surface area contributed by atoms with Gasteiger partial charge in [-0.15, -0.1) is 0 Å². The van der Waals surface area contributed by atoms with E-state index in [1.807, 2.05) is 26.0 Å². The van der Waals surface area contributed by atoms with E-state index in [-0.39, 0.29) is 11.9 Å². The SMILES string of the molecule is CC(C)NC(=O)CCc1nc(-c2ccc(Cl)cc2)no1. The van der Waals surface area contributed by atoms with Gasteiger partial charge in [-0.25, -0.2) is 0 Å². The van der Waals surface area contributed by atoms with Crippen LogP contribution in [0.15, 0.2) is 28.8 Å². The fourth-order valence-electron chi connectivity index (χ4n) is 1.69. The molecular formula is C14H16ClN3O2. The minimum atomic E-state index is -0.0220. The molecule has 1 aromatic heterocycles. The van der Waals surface area contributed by atoms with Crippen LogP contribution in [0, 0.1) is 0 Å². The van der Waals surface area contributed by atoms with E-state index >= 15 is 0 Å². The number of benzene rings is 1. The molecule has 1 heterocycles. The number of amides is 1. The summed E-state index contributed by atoms with van der Waals surface area (Å²) in [6.07, 6.45) is 0.763. The van der Waals surface area contributed by atoms with Crippen LogP contribution in [-0.2, 0) is 11.2 Å². The third-order valence-corrected chi connectivity index (χ3v) is 2.84. The first kappa shape index (κ1) is 14.5. The van der Waals surface area contributed by atoms with Crippen molar-refractivity contribution in [3.63, 3.8) is 0 Å². The Morgan fingerprint density at radius 2 is 2.05 bits per heavy atom. The number of hydrogen-bond donors (Lipinski definition) is 1. The molecule has 0 aliphatic carbocycles. The number of nitrogens with zero attached hydrogens (tertiary/aromatic N) is 2. The van der Waals surface area contributed by atoms with E-state index in [9.17, 15) is 4.79 Å². The maximum absolute atomic E-state index is 11.5. The van der Waals surface area contributed by atoms with E-state index in [1.165, 1.54) is 0 Å². The second-order valence-electron chi connectivity index (χ2n) is 4.74. The highest BCUT2D eigenvalue weighted by Gasteiger charge is 2.11. The number of carbonyl (C=O) groups is 1. The second kappa shape index (κ2) is 6.52. The van der Waals surface area contributed by atoms with Gasteiger partial charge in [0.1, 0.15) is 0 Å². The predicted octanol–water partition coefficient (Wildman–Crippen LogP) is 2.85. The third kappa shape index (κ3) is 4.06. The maximum atomic E-state index is 11.5. The Labute approximate surface area is 122 Å². The Hall–Kier alpha value is -1.88. The molecule has 6 heteroatoms. The van der Waals surface area contributed by atoms with Crippen LogP contribution in [0.3, 0.4) is 0 Å². The molecule has 0 aliphatic rings. The minimum absolute atomic E-state index is 0.0220. The van der Waals surface area contributed by atoms with Crippen LogP contribution >= 0.6 is 11.6 Å². The summed E-state index contributed by atoms with van der Waals surface area (Å²) in [5.41, 5.74) is 0.830. The number of halogens is 1. The molecule has 0 aliphatic heterocycles. The molecule has 0 spiro atoms. The Morgan fingerprint density at radius 3 is 2.70 bits per heavy atom. The fourth-order valence-corrected chi connectivity index (χ4v) is 1.81. The number of carbonyl (C=O) groups excluding carboxylic acids is 1. The first-order valence-corrected chi connectivity index (χ1v) is 6.80. The number of nitrogens with one attached hydrogen (secondary N) is 1. The first-order valence-electron chi connectivity index (χ1n) is 6.42. The number of aryl methyl sites for hydroxylation is 1. The van der Waals surface area contributed by atoms with Crippen LogP contribution in [0.4, 0.5) is 0 Å². The average Bonchev–Trinajstić information content (AvgIpc) is 2.85. The molecule has 0 unspecified atom stereocenters. The van der Waals surface area contributed by atoms with E-state index < -0.39 is 0 Å². The van der Waals surface area contributed by atoms with Crippen LogP contribution in [0.2, 0.25) is 5.02 Å². The van der Waals surface area contributed by atoms with Gasteiger partial charge in [0.15, 0.2) is 0 Å². The molecule has 1 amide bonds. The molecule has 0 saturated carbocycles. The van der Waals surface area contributed by atoms with Crippen LogP contribution < -0.4 is 5.32 Å². The largest absolute Gasteiger partial charge is 0.354 e. The van der Waals surface area contributed by atoms with Crippen molar-refractivity contribution in [2.75, 3.05) is 0 Å². The highest BCUT2D eigenvalue weighted by atomic mass is 35.5. The third-order valence-electron chi connectivity index (χ3n) is 2.59. The van der Waals surface area contributed by atoms with Crippen molar-refractivity contribution in [2.24, 2.45) is 0 Å². The van der Waals surface area contributed by atoms with Crippen molar-refractivity contribution in [3.8, 4) is 11.4 Å². The molecule has 0 atom stereocenters. The lowest BCUT2D eigenvalue weighted by Gasteiger charge is -2.06. The van der Waals surface area contributed by atoms with E-state index in [0.717, 1.165) is 5.56 Å². The van der Waals surface area contributed by atoms with Gasteiger partial charge in [-0.2, -0.15) is 4.98 Å².